The summed E-state index contributed by atoms with van der Waals surface area (Å²) in [4.78, 5) is 23.6. The molecule has 0 fully saturated rings. The summed E-state index contributed by atoms with van der Waals surface area (Å²) in [6, 6.07) is 12.1. The molecule has 0 aliphatic heterocycles. The largest absolute Gasteiger partial charge is 0.366 e. The molecule has 0 saturated heterocycles. The number of hydrogen-bond acceptors (Lipinski definition) is 2. The van der Waals surface area contributed by atoms with E-state index in [0.717, 1.165) is 5.56 Å². The highest BCUT2D eigenvalue weighted by Crippen LogP contribution is 2.19. The molecule has 0 aromatic heterocycles. The Kier molecular flexibility index (Phi) is 4.60. The number of benzene rings is 2. The van der Waals surface area contributed by atoms with Crippen LogP contribution in [0.25, 0.3) is 0 Å². The molecule has 0 unspecified atom stereocenters. The van der Waals surface area contributed by atoms with Crippen molar-refractivity contribution in [1.29, 1.82) is 0 Å². The van der Waals surface area contributed by atoms with Crippen molar-refractivity contribution in [3.63, 3.8) is 0 Å². The van der Waals surface area contributed by atoms with E-state index in [1.165, 1.54) is 0 Å². The van der Waals surface area contributed by atoms with Crippen molar-refractivity contribution in [1.82, 2.24) is 0 Å². The molecule has 0 heterocycles. The number of carbonyl (C=O) groups excluding carboxylic acids is 2. The van der Waals surface area contributed by atoms with Gasteiger partial charge in [-0.25, -0.2) is 0 Å². The summed E-state index contributed by atoms with van der Waals surface area (Å²) >= 11 is 5.76. The molecule has 0 aliphatic rings. The Bertz CT molecular complexity index is 698. The number of amides is 2. The number of carbonyl (C=O) groups is 2. The predicted octanol–water partition coefficient (Wildman–Crippen LogP) is 3.09. The van der Waals surface area contributed by atoms with Gasteiger partial charge in [0.15, 0.2) is 0 Å². The van der Waals surface area contributed by atoms with Crippen LogP contribution in [0, 0.1) is 6.92 Å². The highest BCUT2D eigenvalue weighted by atomic mass is 35.5. The number of primary amides is 1. The van der Waals surface area contributed by atoms with Crippen LogP contribution in [0.3, 0.4) is 0 Å². The van der Waals surface area contributed by atoms with Crippen molar-refractivity contribution in [2.75, 3.05) is 5.32 Å². The second-order valence-electron chi connectivity index (χ2n) is 4.63. The summed E-state index contributed by atoms with van der Waals surface area (Å²) in [5.41, 5.74) is 8.27. The monoisotopic (exact) mass is 302 g/mol. The van der Waals surface area contributed by atoms with E-state index >= 15 is 0 Å². The Hall–Kier alpha value is -2.33. The van der Waals surface area contributed by atoms with E-state index in [2.05, 4.69) is 5.32 Å². The molecule has 0 saturated carbocycles. The lowest BCUT2D eigenvalue weighted by atomic mass is 10.1. The third-order valence-electron chi connectivity index (χ3n) is 3.19. The van der Waals surface area contributed by atoms with Crippen molar-refractivity contribution >= 4 is 29.1 Å². The number of hydrogen-bond donors (Lipinski definition) is 2. The Morgan fingerprint density at radius 2 is 1.90 bits per heavy atom. The Balaban J connectivity index is 2.27. The van der Waals surface area contributed by atoms with Gasteiger partial charge in [0.05, 0.1) is 0 Å². The van der Waals surface area contributed by atoms with Gasteiger partial charge in [-0.15, -0.1) is 11.6 Å². The highest BCUT2D eigenvalue weighted by molar-refractivity contribution is 6.17. The lowest BCUT2D eigenvalue weighted by Crippen LogP contribution is -2.16. The van der Waals surface area contributed by atoms with E-state index < -0.39 is 5.91 Å². The zero-order valence-electron chi connectivity index (χ0n) is 11.5. The van der Waals surface area contributed by atoms with E-state index in [-0.39, 0.29) is 5.91 Å². The molecule has 0 aliphatic carbocycles. The summed E-state index contributed by atoms with van der Waals surface area (Å²) in [7, 11) is 0. The Labute approximate surface area is 127 Å². The molecule has 21 heavy (non-hydrogen) atoms. The van der Waals surface area contributed by atoms with Gasteiger partial charge in [0.1, 0.15) is 0 Å². The van der Waals surface area contributed by atoms with Crippen molar-refractivity contribution in [2.24, 2.45) is 5.73 Å². The van der Waals surface area contributed by atoms with Crippen LogP contribution in [-0.4, -0.2) is 11.8 Å². The maximum absolute atomic E-state index is 12.2. The zero-order valence-corrected chi connectivity index (χ0v) is 12.3. The van der Waals surface area contributed by atoms with Crippen LogP contribution in [0.1, 0.15) is 31.8 Å². The van der Waals surface area contributed by atoms with E-state index in [1.807, 2.05) is 6.07 Å². The quantitative estimate of drug-likeness (QED) is 0.852. The number of halogens is 1. The second-order valence-corrected chi connectivity index (χ2v) is 4.90. The first-order chi connectivity index (χ1) is 10.0. The van der Waals surface area contributed by atoms with Crippen LogP contribution >= 0.6 is 11.6 Å². The van der Waals surface area contributed by atoms with E-state index in [4.69, 9.17) is 17.3 Å². The highest BCUT2D eigenvalue weighted by Gasteiger charge is 2.12. The van der Waals surface area contributed by atoms with Gasteiger partial charge in [0, 0.05) is 22.7 Å². The van der Waals surface area contributed by atoms with Gasteiger partial charge in [0.25, 0.3) is 5.91 Å². The first kappa shape index (κ1) is 15.1. The van der Waals surface area contributed by atoms with Crippen LogP contribution in [0.2, 0.25) is 0 Å². The molecule has 0 spiro atoms. The molecule has 0 bridgehead atoms. The van der Waals surface area contributed by atoms with Crippen LogP contribution in [0.5, 0.6) is 0 Å². The van der Waals surface area contributed by atoms with E-state index in [1.54, 1.807) is 43.3 Å². The molecule has 108 valence electrons. The lowest BCUT2D eigenvalue weighted by Gasteiger charge is -2.11. The lowest BCUT2D eigenvalue weighted by molar-refractivity contribution is 0.0995. The minimum absolute atomic E-state index is 0.258. The smallest absolute Gasteiger partial charge is 0.255 e. The number of anilines is 1. The molecule has 2 amide bonds. The number of rotatable bonds is 4. The fraction of sp³-hybridized carbons (Fsp3) is 0.125. The molecule has 5 heteroatoms. The van der Waals surface area contributed by atoms with Gasteiger partial charge in [-0.1, -0.05) is 18.2 Å². The summed E-state index contributed by atoms with van der Waals surface area (Å²) in [5.74, 6) is -0.434. The van der Waals surface area contributed by atoms with Gasteiger partial charge in [-0.05, 0) is 42.3 Å². The fourth-order valence-corrected chi connectivity index (χ4v) is 2.19. The number of alkyl halides is 1. The molecule has 3 N–H and O–H groups in total. The number of nitrogens with two attached hydrogens (primary N) is 1. The van der Waals surface area contributed by atoms with Gasteiger partial charge >= 0.3 is 0 Å². The van der Waals surface area contributed by atoms with Gasteiger partial charge < -0.3 is 11.1 Å². The second kappa shape index (κ2) is 6.41. The summed E-state index contributed by atoms with van der Waals surface area (Å²) in [5, 5.41) is 2.78. The molecule has 2 aromatic carbocycles. The van der Waals surface area contributed by atoms with Crippen LogP contribution < -0.4 is 11.1 Å². The minimum Gasteiger partial charge on any atom is -0.366 e. The third kappa shape index (κ3) is 3.41. The average molecular weight is 303 g/mol. The van der Waals surface area contributed by atoms with Crippen molar-refractivity contribution in [3.05, 3.63) is 64.7 Å². The Morgan fingerprint density at radius 3 is 2.57 bits per heavy atom. The molecule has 4 nitrogen and oxygen atoms in total. The van der Waals surface area contributed by atoms with Crippen LogP contribution in [-0.2, 0) is 5.88 Å². The first-order valence-electron chi connectivity index (χ1n) is 6.38. The fourth-order valence-electron chi connectivity index (χ4n) is 2.03. The molecule has 2 aromatic rings. The summed E-state index contributed by atoms with van der Waals surface area (Å²) in [6.07, 6.45) is 0. The molecule has 2 rings (SSSR count). The van der Waals surface area contributed by atoms with Crippen molar-refractivity contribution in [3.8, 4) is 0 Å². The topological polar surface area (TPSA) is 72.2 Å². The maximum atomic E-state index is 12.2. The van der Waals surface area contributed by atoms with Gasteiger partial charge in [-0.3, -0.25) is 9.59 Å². The number of nitrogens with one attached hydrogen (secondary N) is 1. The maximum Gasteiger partial charge on any atom is 0.255 e. The minimum atomic E-state index is -0.521. The van der Waals surface area contributed by atoms with Crippen LogP contribution in [0.15, 0.2) is 42.5 Å². The molecule has 0 radical (unpaired) electrons. The first-order valence-corrected chi connectivity index (χ1v) is 6.92. The SMILES string of the molecule is Cc1c(NC(=O)c2cccc(CCl)c2)cccc1C(N)=O. The molecular formula is C16H15ClN2O2. The normalized spacial score (nSPS) is 10.2. The van der Waals surface area contributed by atoms with Crippen LogP contribution in [0.4, 0.5) is 5.69 Å². The Morgan fingerprint density at radius 1 is 1.19 bits per heavy atom. The van der Waals surface area contributed by atoms with Crippen molar-refractivity contribution < 1.29 is 9.59 Å². The van der Waals surface area contributed by atoms with E-state index in [0.29, 0.717) is 28.3 Å². The standard InChI is InChI=1S/C16H15ClN2O2/c1-10-13(15(18)20)6-3-7-14(10)19-16(21)12-5-2-4-11(8-12)9-17/h2-8H,9H2,1H3,(H2,18,20)(H,19,21). The summed E-state index contributed by atoms with van der Waals surface area (Å²) in [6.45, 7) is 1.74. The zero-order chi connectivity index (χ0) is 15.4. The van der Waals surface area contributed by atoms with E-state index in [9.17, 15) is 9.59 Å². The van der Waals surface area contributed by atoms with Crippen molar-refractivity contribution in [2.45, 2.75) is 12.8 Å². The summed E-state index contributed by atoms with van der Waals surface area (Å²) < 4.78 is 0. The van der Waals surface area contributed by atoms with Gasteiger partial charge in [-0.2, -0.15) is 0 Å². The average Bonchev–Trinajstić information content (AvgIpc) is 2.49. The predicted molar refractivity (Wildman–Crippen MR) is 83.6 cm³/mol. The molecule has 0 atom stereocenters. The molecular weight excluding hydrogens is 288 g/mol. The third-order valence-corrected chi connectivity index (χ3v) is 3.50. The van der Waals surface area contributed by atoms with Gasteiger partial charge in [0.2, 0.25) is 5.91 Å².